The van der Waals surface area contributed by atoms with Gasteiger partial charge in [-0.25, -0.2) is 4.79 Å². The van der Waals surface area contributed by atoms with Crippen LogP contribution in [0.4, 0.5) is 16.2 Å². The number of ether oxygens (including phenoxy) is 1. The summed E-state index contributed by atoms with van der Waals surface area (Å²) in [6, 6.07) is 8.22. The second-order valence-electron chi connectivity index (χ2n) is 8.47. The summed E-state index contributed by atoms with van der Waals surface area (Å²) in [6.07, 6.45) is 1.92. The number of benzene rings is 1. The van der Waals surface area contributed by atoms with Crippen LogP contribution in [-0.4, -0.2) is 17.7 Å². The molecule has 4 nitrogen and oxygen atoms in total. The lowest BCUT2D eigenvalue weighted by Crippen LogP contribution is -2.28. The van der Waals surface area contributed by atoms with E-state index in [9.17, 15) is 4.79 Å². The van der Waals surface area contributed by atoms with Gasteiger partial charge in [-0.2, -0.15) is 0 Å². The Morgan fingerprint density at radius 2 is 1.78 bits per heavy atom. The minimum atomic E-state index is -0.504. The molecular formula is C19H30N2O2. The van der Waals surface area contributed by atoms with Gasteiger partial charge in [-0.15, -0.1) is 0 Å². The molecule has 0 bridgehead atoms. The van der Waals surface area contributed by atoms with Gasteiger partial charge in [0, 0.05) is 6.04 Å². The highest BCUT2D eigenvalue weighted by atomic mass is 16.6. The Morgan fingerprint density at radius 1 is 1.17 bits per heavy atom. The van der Waals surface area contributed by atoms with Crippen molar-refractivity contribution in [1.29, 1.82) is 0 Å². The molecule has 0 aromatic heterocycles. The van der Waals surface area contributed by atoms with Crippen LogP contribution in [0.1, 0.15) is 54.4 Å². The summed E-state index contributed by atoms with van der Waals surface area (Å²) in [4.78, 5) is 12.0. The molecule has 1 aromatic carbocycles. The van der Waals surface area contributed by atoms with Gasteiger partial charge in [0.1, 0.15) is 5.60 Å². The van der Waals surface area contributed by atoms with E-state index >= 15 is 0 Å². The van der Waals surface area contributed by atoms with Crippen molar-refractivity contribution in [2.24, 2.45) is 11.3 Å². The Bertz CT molecular complexity index is 561. The van der Waals surface area contributed by atoms with Crippen molar-refractivity contribution in [1.82, 2.24) is 0 Å². The minimum Gasteiger partial charge on any atom is -0.444 e. The van der Waals surface area contributed by atoms with Gasteiger partial charge in [0.25, 0.3) is 0 Å². The highest BCUT2D eigenvalue weighted by Gasteiger charge is 2.36. The highest BCUT2D eigenvalue weighted by Crippen LogP contribution is 2.42. The highest BCUT2D eigenvalue weighted by molar-refractivity contribution is 5.89. The smallest absolute Gasteiger partial charge is 0.412 e. The number of carbonyl (C=O) groups is 1. The van der Waals surface area contributed by atoms with Crippen molar-refractivity contribution in [3.8, 4) is 0 Å². The monoisotopic (exact) mass is 318 g/mol. The van der Waals surface area contributed by atoms with Gasteiger partial charge in [0.2, 0.25) is 0 Å². The zero-order valence-corrected chi connectivity index (χ0v) is 15.2. The lowest BCUT2D eigenvalue weighted by molar-refractivity contribution is 0.0636. The third-order valence-electron chi connectivity index (χ3n) is 4.24. The number of hydrogen-bond acceptors (Lipinski definition) is 3. The number of amides is 1. The molecule has 23 heavy (non-hydrogen) atoms. The zero-order valence-electron chi connectivity index (χ0n) is 15.2. The van der Waals surface area contributed by atoms with E-state index in [-0.39, 0.29) is 0 Å². The Morgan fingerprint density at radius 3 is 2.30 bits per heavy atom. The van der Waals surface area contributed by atoms with Crippen molar-refractivity contribution < 1.29 is 9.53 Å². The molecule has 2 N–H and O–H groups in total. The van der Waals surface area contributed by atoms with E-state index in [1.165, 1.54) is 6.42 Å². The molecule has 1 aromatic rings. The van der Waals surface area contributed by atoms with E-state index in [4.69, 9.17) is 4.74 Å². The van der Waals surface area contributed by atoms with Crippen LogP contribution in [0.5, 0.6) is 0 Å². The molecule has 1 fully saturated rings. The molecule has 2 unspecified atom stereocenters. The number of carbonyl (C=O) groups excluding carboxylic acids is 1. The summed E-state index contributed by atoms with van der Waals surface area (Å²) >= 11 is 0. The fourth-order valence-corrected chi connectivity index (χ4v) is 3.42. The summed E-state index contributed by atoms with van der Waals surface area (Å²) < 4.78 is 5.34. The quantitative estimate of drug-likeness (QED) is 0.798. The molecule has 0 spiro atoms. The van der Waals surface area contributed by atoms with Crippen LogP contribution >= 0.6 is 0 Å². The molecular weight excluding hydrogens is 288 g/mol. The second-order valence-corrected chi connectivity index (χ2v) is 8.47. The second kappa shape index (κ2) is 6.42. The summed E-state index contributed by atoms with van der Waals surface area (Å²) in [5.41, 5.74) is 1.58. The van der Waals surface area contributed by atoms with E-state index < -0.39 is 11.7 Å². The van der Waals surface area contributed by atoms with Crippen LogP contribution < -0.4 is 10.6 Å². The maximum absolute atomic E-state index is 12.0. The van der Waals surface area contributed by atoms with E-state index in [0.29, 0.717) is 17.4 Å². The zero-order chi connectivity index (χ0) is 17.3. The minimum absolute atomic E-state index is 0.366. The van der Waals surface area contributed by atoms with Crippen molar-refractivity contribution in [2.45, 2.75) is 66.0 Å². The molecule has 0 aliphatic heterocycles. The first-order valence-electron chi connectivity index (χ1n) is 8.41. The maximum atomic E-state index is 12.0. The molecule has 128 valence electrons. The molecule has 1 aliphatic carbocycles. The van der Waals surface area contributed by atoms with Gasteiger partial charge in [-0.3, -0.25) is 5.32 Å². The molecule has 1 aliphatic rings. The molecule has 0 saturated heterocycles. The average molecular weight is 318 g/mol. The third-order valence-corrected chi connectivity index (χ3v) is 4.24. The number of para-hydroxylation sites is 2. The molecule has 0 radical (unpaired) electrons. The summed E-state index contributed by atoms with van der Waals surface area (Å²) in [6.45, 7) is 12.5. The van der Waals surface area contributed by atoms with Crippen molar-refractivity contribution in [2.75, 3.05) is 10.6 Å². The van der Waals surface area contributed by atoms with E-state index in [2.05, 4.69) is 31.4 Å². The Hall–Kier alpha value is -1.71. The van der Waals surface area contributed by atoms with Crippen molar-refractivity contribution in [3.63, 3.8) is 0 Å². The van der Waals surface area contributed by atoms with Crippen LogP contribution in [0.25, 0.3) is 0 Å². The van der Waals surface area contributed by atoms with Gasteiger partial charge in [-0.05, 0) is 57.1 Å². The molecule has 0 heterocycles. The Kier molecular flexibility index (Phi) is 4.92. The lowest BCUT2D eigenvalue weighted by Gasteiger charge is -2.23. The lowest BCUT2D eigenvalue weighted by atomic mass is 9.91. The molecule has 1 saturated carbocycles. The first kappa shape index (κ1) is 17.6. The predicted octanol–water partition coefficient (Wildman–Crippen LogP) is 5.27. The molecule has 4 heteroatoms. The van der Waals surface area contributed by atoms with E-state index in [1.807, 2.05) is 45.0 Å². The number of anilines is 2. The van der Waals surface area contributed by atoms with Crippen LogP contribution in [0.3, 0.4) is 0 Å². The fraction of sp³-hybridized carbons (Fsp3) is 0.632. The van der Waals surface area contributed by atoms with E-state index in [0.717, 1.165) is 17.8 Å². The van der Waals surface area contributed by atoms with Crippen LogP contribution in [0, 0.1) is 11.3 Å². The molecule has 1 amide bonds. The third kappa shape index (κ3) is 5.15. The fourth-order valence-electron chi connectivity index (χ4n) is 3.42. The standard InChI is InChI=1S/C19H30N2O2/c1-13-11-19(5,6)12-16(13)20-14-9-7-8-10-15(14)21-17(22)23-18(2,3)4/h7-10,13,16,20H,11-12H2,1-6H3,(H,21,22). The van der Waals surface area contributed by atoms with Gasteiger partial charge >= 0.3 is 6.09 Å². The predicted molar refractivity (Wildman–Crippen MR) is 95.9 cm³/mol. The first-order chi connectivity index (χ1) is 10.6. The van der Waals surface area contributed by atoms with Gasteiger partial charge < -0.3 is 10.1 Å². The van der Waals surface area contributed by atoms with Crippen molar-refractivity contribution in [3.05, 3.63) is 24.3 Å². The number of rotatable bonds is 3. The van der Waals surface area contributed by atoms with Gasteiger partial charge in [0.15, 0.2) is 0 Å². The summed E-state index contributed by atoms with van der Waals surface area (Å²) in [5, 5.41) is 6.47. The van der Waals surface area contributed by atoms with Gasteiger partial charge in [-0.1, -0.05) is 32.9 Å². The number of hydrogen-bond donors (Lipinski definition) is 2. The number of nitrogens with one attached hydrogen (secondary N) is 2. The van der Waals surface area contributed by atoms with Crippen LogP contribution in [0.2, 0.25) is 0 Å². The normalized spacial score (nSPS) is 23.4. The molecule has 2 rings (SSSR count). The molecule has 2 atom stereocenters. The van der Waals surface area contributed by atoms with E-state index in [1.54, 1.807) is 0 Å². The topological polar surface area (TPSA) is 50.4 Å². The van der Waals surface area contributed by atoms with Crippen molar-refractivity contribution >= 4 is 17.5 Å². The van der Waals surface area contributed by atoms with Gasteiger partial charge in [0.05, 0.1) is 11.4 Å². The maximum Gasteiger partial charge on any atom is 0.412 e. The summed E-state index contributed by atoms with van der Waals surface area (Å²) in [5.74, 6) is 0.611. The SMILES string of the molecule is CC1CC(C)(C)CC1Nc1ccccc1NC(=O)OC(C)(C)C. The summed E-state index contributed by atoms with van der Waals surface area (Å²) in [7, 11) is 0. The van der Waals surface area contributed by atoms with Crippen LogP contribution in [-0.2, 0) is 4.74 Å². The Balaban J connectivity index is 2.08. The largest absolute Gasteiger partial charge is 0.444 e. The Labute approximate surface area is 140 Å². The first-order valence-corrected chi connectivity index (χ1v) is 8.41. The van der Waals surface area contributed by atoms with Crippen LogP contribution in [0.15, 0.2) is 24.3 Å². The average Bonchev–Trinajstić information content (AvgIpc) is 2.62.